The number of benzene rings is 2. The van der Waals surface area contributed by atoms with Crippen LogP contribution in [0.3, 0.4) is 0 Å². The van der Waals surface area contributed by atoms with Crippen molar-refractivity contribution in [3.63, 3.8) is 0 Å². The third-order valence-electron chi connectivity index (χ3n) is 4.24. The fourth-order valence-corrected chi connectivity index (χ4v) is 2.83. The van der Waals surface area contributed by atoms with Crippen molar-refractivity contribution in [2.45, 2.75) is 45.2 Å². The minimum absolute atomic E-state index is 0.0574. The van der Waals surface area contributed by atoms with Crippen LogP contribution in [0.25, 0.3) is 0 Å². The van der Waals surface area contributed by atoms with Crippen LogP contribution in [0.4, 0.5) is 18.9 Å². The zero-order valence-corrected chi connectivity index (χ0v) is 17.9. The maximum atomic E-state index is 12.7. The molecular weight excluding hydrogens is 413 g/mol. The van der Waals surface area contributed by atoms with Gasteiger partial charge >= 0.3 is 6.18 Å². The number of ether oxygens (including phenoxy) is 1. The van der Waals surface area contributed by atoms with Crippen LogP contribution >= 0.6 is 12.2 Å². The highest BCUT2D eigenvalue weighted by molar-refractivity contribution is 7.80. The quantitative estimate of drug-likeness (QED) is 0.450. The number of rotatable bonds is 6. The molecule has 2 aromatic carbocycles. The maximum absolute atomic E-state index is 12.7. The molecule has 0 atom stereocenters. The Kier molecular flexibility index (Phi) is 7.83. The Bertz CT molecular complexity index is 875. The number of hydrogen-bond acceptors (Lipinski definition) is 3. The van der Waals surface area contributed by atoms with Gasteiger partial charge in [0.25, 0.3) is 0 Å². The molecule has 0 heterocycles. The molecule has 162 valence electrons. The monoisotopic (exact) mass is 438 g/mol. The van der Waals surface area contributed by atoms with Gasteiger partial charge in [-0.2, -0.15) is 13.2 Å². The largest absolute Gasteiger partial charge is 0.494 e. The van der Waals surface area contributed by atoms with Crippen molar-refractivity contribution >= 4 is 28.9 Å². The van der Waals surface area contributed by atoms with Gasteiger partial charge in [-0.25, -0.2) is 0 Å². The van der Waals surface area contributed by atoms with Crippen LogP contribution < -0.4 is 15.4 Å². The fraction of sp³-hybridized carbons (Fsp3) is 0.364. The molecule has 0 aliphatic carbocycles. The smallest absolute Gasteiger partial charge is 0.416 e. The van der Waals surface area contributed by atoms with Gasteiger partial charge in [0, 0.05) is 12.1 Å². The molecule has 30 heavy (non-hydrogen) atoms. The average molecular weight is 439 g/mol. The number of amides is 1. The number of carbonyl (C=O) groups is 1. The van der Waals surface area contributed by atoms with Crippen molar-refractivity contribution in [1.29, 1.82) is 0 Å². The number of hydrogen-bond donors (Lipinski definition) is 2. The molecule has 8 heteroatoms. The van der Waals surface area contributed by atoms with Gasteiger partial charge in [-0.05, 0) is 59.9 Å². The second-order valence-electron chi connectivity index (χ2n) is 7.81. The van der Waals surface area contributed by atoms with Crippen LogP contribution in [0.5, 0.6) is 5.75 Å². The number of alkyl halides is 3. The summed E-state index contributed by atoms with van der Waals surface area (Å²) in [5.41, 5.74) is 0.624. The van der Waals surface area contributed by atoms with Gasteiger partial charge in [-0.3, -0.25) is 4.79 Å². The molecule has 0 aromatic heterocycles. The molecule has 0 fully saturated rings. The Morgan fingerprint density at radius 2 is 1.70 bits per heavy atom. The summed E-state index contributed by atoms with van der Waals surface area (Å²) in [6, 6.07) is 12.4. The number of carbonyl (C=O) groups excluding carboxylic acids is 1. The fourth-order valence-electron chi connectivity index (χ4n) is 2.60. The second-order valence-corrected chi connectivity index (χ2v) is 8.22. The Morgan fingerprint density at radius 1 is 1.03 bits per heavy atom. The molecule has 4 nitrogen and oxygen atoms in total. The molecule has 0 aliphatic heterocycles. The van der Waals surface area contributed by atoms with Crippen LogP contribution in [0.2, 0.25) is 0 Å². The van der Waals surface area contributed by atoms with Gasteiger partial charge in [0.1, 0.15) is 5.75 Å². The summed E-state index contributed by atoms with van der Waals surface area (Å²) in [6.45, 7) is 6.76. The van der Waals surface area contributed by atoms with Crippen LogP contribution in [-0.2, 0) is 16.4 Å². The molecule has 2 N–H and O–H groups in total. The van der Waals surface area contributed by atoms with Crippen LogP contribution in [-0.4, -0.2) is 17.6 Å². The van der Waals surface area contributed by atoms with Crippen molar-refractivity contribution in [2.24, 2.45) is 0 Å². The minimum Gasteiger partial charge on any atom is -0.494 e. The Morgan fingerprint density at radius 3 is 2.30 bits per heavy atom. The molecule has 0 spiro atoms. The van der Waals surface area contributed by atoms with E-state index in [0.29, 0.717) is 13.0 Å². The number of thiocarbonyl (C=S) groups is 1. The average Bonchev–Trinajstić information content (AvgIpc) is 2.64. The van der Waals surface area contributed by atoms with Gasteiger partial charge in [-0.1, -0.05) is 39.0 Å². The van der Waals surface area contributed by atoms with E-state index < -0.39 is 11.7 Å². The summed E-state index contributed by atoms with van der Waals surface area (Å²) < 4.78 is 43.9. The summed E-state index contributed by atoms with van der Waals surface area (Å²) in [6.07, 6.45) is -3.81. The number of anilines is 1. The number of halogens is 3. The van der Waals surface area contributed by atoms with Crippen molar-refractivity contribution in [3.05, 3.63) is 59.7 Å². The third-order valence-corrected chi connectivity index (χ3v) is 4.44. The summed E-state index contributed by atoms with van der Waals surface area (Å²) in [5.74, 6) is 0.385. The lowest BCUT2D eigenvalue weighted by atomic mass is 9.87. The van der Waals surface area contributed by atoms with E-state index in [9.17, 15) is 18.0 Å². The lowest BCUT2D eigenvalue weighted by molar-refractivity contribution is -0.137. The molecule has 2 rings (SSSR count). The normalized spacial score (nSPS) is 11.7. The Hall–Kier alpha value is -2.61. The zero-order valence-electron chi connectivity index (χ0n) is 17.1. The highest BCUT2D eigenvalue weighted by Crippen LogP contribution is 2.30. The van der Waals surface area contributed by atoms with E-state index >= 15 is 0 Å². The van der Waals surface area contributed by atoms with Crippen LogP contribution in [0.1, 0.15) is 44.7 Å². The highest BCUT2D eigenvalue weighted by Gasteiger charge is 2.30. The number of nitrogens with one attached hydrogen (secondary N) is 2. The minimum atomic E-state index is -4.45. The molecule has 1 amide bonds. The Balaban J connectivity index is 1.72. The highest BCUT2D eigenvalue weighted by atomic mass is 32.1. The van der Waals surface area contributed by atoms with Crippen molar-refractivity contribution in [3.8, 4) is 5.75 Å². The van der Waals surface area contributed by atoms with Gasteiger partial charge < -0.3 is 15.4 Å². The third kappa shape index (κ3) is 7.67. The first-order valence-corrected chi connectivity index (χ1v) is 9.87. The lowest BCUT2D eigenvalue weighted by Gasteiger charge is -2.19. The summed E-state index contributed by atoms with van der Waals surface area (Å²) in [7, 11) is 0. The first kappa shape index (κ1) is 23.7. The van der Waals surface area contributed by atoms with Gasteiger partial charge in [0.2, 0.25) is 5.91 Å². The van der Waals surface area contributed by atoms with Crippen molar-refractivity contribution < 1.29 is 22.7 Å². The molecular formula is C22H25F3N2O2S. The molecule has 0 bridgehead atoms. The van der Waals surface area contributed by atoms with E-state index in [-0.39, 0.29) is 28.5 Å². The van der Waals surface area contributed by atoms with Gasteiger partial charge in [0.05, 0.1) is 12.2 Å². The topological polar surface area (TPSA) is 50.4 Å². The van der Waals surface area contributed by atoms with E-state index in [1.807, 2.05) is 24.3 Å². The van der Waals surface area contributed by atoms with Gasteiger partial charge in [-0.15, -0.1) is 0 Å². The van der Waals surface area contributed by atoms with E-state index in [4.69, 9.17) is 17.0 Å². The molecule has 0 unspecified atom stereocenters. The van der Waals surface area contributed by atoms with E-state index in [2.05, 4.69) is 31.4 Å². The zero-order chi connectivity index (χ0) is 22.4. The standard InChI is InChI=1S/C22H25F3N2O2S/c1-21(2,3)15-9-11-18(12-10-15)29-13-5-8-19(28)27-20(30)26-17-7-4-6-16(14-17)22(23,24)25/h4,6-7,9-12,14H,5,8,13H2,1-3H3,(H2,26,27,28,30). The maximum Gasteiger partial charge on any atom is 0.416 e. The SMILES string of the molecule is CC(C)(C)c1ccc(OCCCC(=O)NC(=S)Nc2cccc(C(F)(F)F)c2)cc1. The summed E-state index contributed by atoms with van der Waals surface area (Å²) >= 11 is 4.99. The summed E-state index contributed by atoms with van der Waals surface area (Å²) in [4.78, 5) is 12.0. The Labute approximate surface area is 179 Å². The summed E-state index contributed by atoms with van der Waals surface area (Å²) in [5, 5.41) is 4.98. The second kappa shape index (κ2) is 9.93. The lowest BCUT2D eigenvalue weighted by Crippen LogP contribution is -2.34. The molecule has 0 saturated carbocycles. The van der Waals surface area contributed by atoms with Crippen LogP contribution in [0.15, 0.2) is 48.5 Å². The van der Waals surface area contributed by atoms with Crippen molar-refractivity contribution in [2.75, 3.05) is 11.9 Å². The first-order valence-electron chi connectivity index (χ1n) is 9.46. The van der Waals surface area contributed by atoms with E-state index in [1.165, 1.54) is 17.7 Å². The first-order chi connectivity index (χ1) is 13.9. The molecule has 2 aromatic rings. The van der Waals surface area contributed by atoms with Crippen molar-refractivity contribution in [1.82, 2.24) is 5.32 Å². The van der Waals surface area contributed by atoms with E-state index in [1.54, 1.807) is 0 Å². The predicted molar refractivity (Wildman–Crippen MR) is 116 cm³/mol. The molecule has 0 radical (unpaired) electrons. The molecule has 0 aliphatic rings. The van der Waals surface area contributed by atoms with E-state index in [0.717, 1.165) is 17.9 Å². The molecule has 0 saturated heterocycles. The predicted octanol–water partition coefficient (Wildman–Crippen LogP) is 5.68. The van der Waals surface area contributed by atoms with Crippen LogP contribution in [0, 0.1) is 0 Å². The van der Waals surface area contributed by atoms with Gasteiger partial charge in [0.15, 0.2) is 5.11 Å².